The van der Waals surface area contributed by atoms with Gasteiger partial charge in [0.15, 0.2) is 0 Å². The first-order valence-corrected chi connectivity index (χ1v) is 6.60. The topological polar surface area (TPSA) is 49.4 Å². The average Bonchev–Trinajstić information content (AvgIpc) is 2.67. The minimum Gasteiger partial charge on any atom is -0.317 e. The molecule has 1 aliphatic rings. The lowest BCUT2D eigenvalue weighted by Gasteiger charge is -2.24. The van der Waals surface area contributed by atoms with Crippen LogP contribution in [-0.2, 0) is 9.59 Å². The quantitative estimate of drug-likeness (QED) is 0.890. The molecule has 1 N–H and O–H groups in total. The molecule has 0 radical (unpaired) electrons. The number of likely N-dealkylation sites (tertiary alicyclic amines) is 1. The van der Waals surface area contributed by atoms with Gasteiger partial charge in [0.1, 0.15) is 5.78 Å². The molecule has 1 aromatic rings. The molecule has 2 heterocycles. The number of hydrogen-bond acceptors (Lipinski definition) is 4. The van der Waals surface area contributed by atoms with E-state index in [9.17, 15) is 9.59 Å². The zero-order valence-electron chi connectivity index (χ0n) is 9.86. The second-order valence-electron chi connectivity index (χ2n) is 4.35. The van der Waals surface area contributed by atoms with Crippen molar-refractivity contribution in [3.05, 3.63) is 17.0 Å². The van der Waals surface area contributed by atoms with Gasteiger partial charge in [-0.15, -0.1) is 11.3 Å². The predicted molar refractivity (Wildman–Crippen MR) is 68.4 cm³/mol. The number of nitrogens with zero attached hydrogens (tertiary/aromatic N) is 1. The van der Waals surface area contributed by atoms with Gasteiger partial charge in [-0.1, -0.05) is 0 Å². The number of carbonyl (C=O) groups excluding carboxylic acids is 2. The summed E-state index contributed by atoms with van der Waals surface area (Å²) in [4.78, 5) is 24.8. The van der Waals surface area contributed by atoms with Crippen LogP contribution in [0.5, 0.6) is 0 Å². The molecule has 1 fully saturated rings. The molecule has 0 spiro atoms. The van der Waals surface area contributed by atoms with Crippen molar-refractivity contribution >= 4 is 28.0 Å². The highest BCUT2D eigenvalue weighted by Crippen LogP contribution is 2.19. The molecule has 0 saturated carbocycles. The van der Waals surface area contributed by atoms with Crippen molar-refractivity contribution < 1.29 is 9.59 Å². The number of thiophene rings is 1. The fraction of sp³-hybridized carbons (Fsp3) is 0.500. The maximum atomic E-state index is 11.7. The second kappa shape index (κ2) is 5.42. The van der Waals surface area contributed by atoms with Crippen LogP contribution in [0, 0.1) is 6.92 Å². The molecule has 17 heavy (non-hydrogen) atoms. The van der Waals surface area contributed by atoms with E-state index in [1.54, 1.807) is 0 Å². The lowest BCUT2D eigenvalue weighted by molar-refractivity contribution is -0.124. The third kappa shape index (κ3) is 3.64. The number of Topliss-reactive ketones (excluding diaryl/α,β-unsaturated/α-hetero) is 1. The van der Waals surface area contributed by atoms with Gasteiger partial charge >= 0.3 is 0 Å². The number of piperidine rings is 1. The Labute approximate surface area is 105 Å². The van der Waals surface area contributed by atoms with Crippen LogP contribution in [0.15, 0.2) is 11.4 Å². The number of ketones is 1. The molecular weight excluding hydrogens is 236 g/mol. The molecule has 92 valence electrons. The van der Waals surface area contributed by atoms with Gasteiger partial charge in [-0.3, -0.25) is 14.5 Å². The van der Waals surface area contributed by atoms with E-state index in [0.717, 1.165) is 10.6 Å². The van der Waals surface area contributed by atoms with E-state index < -0.39 is 0 Å². The van der Waals surface area contributed by atoms with Crippen molar-refractivity contribution in [2.75, 3.05) is 25.0 Å². The van der Waals surface area contributed by atoms with Crippen LogP contribution in [0.4, 0.5) is 5.00 Å². The number of aryl methyl sites for hydroxylation is 1. The van der Waals surface area contributed by atoms with Gasteiger partial charge in [-0.2, -0.15) is 0 Å². The normalized spacial score (nSPS) is 17.1. The van der Waals surface area contributed by atoms with E-state index in [2.05, 4.69) is 5.32 Å². The molecule has 0 aromatic carbocycles. The van der Waals surface area contributed by atoms with E-state index >= 15 is 0 Å². The summed E-state index contributed by atoms with van der Waals surface area (Å²) in [5, 5.41) is 5.77. The lowest BCUT2D eigenvalue weighted by atomic mass is 10.1. The van der Waals surface area contributed by atoms with Crippen LogP contribution in [-0.4, -0.2) is 36.2 Å². The van der Waals surface area contributed by atoms with Crippen molar-refractivity contribution in [1.82, 2.24) is 4.90 Å². The highest BCUT2D eigenvalue weighted by Gasteiger charge is 2.18. The smallest absolute Gasteiger partial charge is 0.239 e. The number of rotatable bonds is 3. The van der Waals surface area contributed by atoms with Crippen LogP contribution < -0.4 is 5.32 Å². The summed E-state index contributed by atoms with van der Waals surface area (Å²) in [5.41, 5.74) is 1.16. The first-order chi connectivity index (χ1) is 8.13. The number of carbonyl (C=O) groups is 2. The summed E-state index contributed by atoms with van der Waals surface area (Å²) in [7, 11) is 0. The van der Waals surface area contributed by atoms with E-state index in [0.29, 0.717) is 38.3 Å². The minimum atomic E-state index is 0.00111. The zero-order chi connectivity index (χ0) is 12.3. The summed E-state index contributed by atoms with van der Waals surface area (Å²) >= 11 is 1.54. The summed E-state index contributed by atoms with van der Waals surface area (Å²) < 4.78 is 0. The van der Waals surface area contributed by atoms with Gasteiger partial charge in [0.25, 0.3) is 0 Å². The fourth-order valence-corrected chi connectivity index (χ4v) is 2.64. The van der Waals surface area contributed by atoms with Crippen LogP contribution in [0.1, 0.15) is 18.4 Å². The van der Waals surface area contributed by atoms with Crippen LogP contribution in [0.25, 0.3) is 0 Å². The lowest BCUT2D eigenvalue weighted by Crippen LogP contribution is -2.39. The highest BCUT2D eigenvalue weighted by molar-refractivity contribution is 7.14. The van der Waals surface area contributed by atoms with Crippen molar-refractivity contribution in [2.45, 2.75) is 19.8 Å². The Balaban J connectivity index is 1.79. The number of nitrogens with one attached hydrogen (secondary N) is 1. The monoisotopic (exact) mass is 252 g/mol. The third-order valence-electron chi connectivity index (χ3n) is 2.77. The SMILES string of the molecule is Cc1csc(NC(=O)CN2CCC(=O)CC2)c1. The summed E-state index contributed by atoms with van der Waals surface area (Å²) in [5.74, 6) is 0.303. The van der Waals surface area contributed by atoms with Crippen molar-refractivity contribution in [3.63, 3.8) is 0 Å². The molecular formula is C12H16N2O2S. The van der Waals surface area contributed by atoms with E-state index in [4.69, 9.17) is 0 Å². The Bertz CT molecular complexity index is 418. The third-order valence-corrected chi connectivity index (χ3v) is 3.74. The molecule has 0 unspecified atom stereocenters. The van der Waals surface area contributed by atoms with Gasteiger partial charge in [0.05, 0.1) is 11.5 Å². The van der Waals surface area contributed by atoms with Gasteiger partial charge < -0.3 is 5.32 Å². The molecule has 1 saturated heterocycles. The zero-order valence-corrected chi connectivity index (χ0v) is 10.7. The van der Waals surface area contributed by atoms with Crippen LogP contribution in [0.2, 0.25) is 0 Å². The van der Waals surface area contributed by atoms with E-state index in [1.165, 1.54) is 11.3 Å². The predicted octanol–water partition coefficient (Wildman–Crippen LogP) is 1.66. The summed E-state index contributed by atoms with van der Waals surface area (Å²) in [6.45, 7) is 3.79. The van der Waals surface area contributed by atoms with Crippen molar-refractivity contribution in [3.8, 4) is 0 Å². The first-order valence-electron chi connectivity index (χ1n) is 5.72. The molecule has 1 amide bonds. The fourth-order valence-electron chi connectivity index (χ4n) is 1.84. The maximum Gasteiger partial charge on any atom is 0.239 e. The minimum absolute atomic E-state index is 0.00111. The van der Waals surface area contributed by atoms with Crippen LogP contribution >= 0.6 is 11.3 Å². The summed E-state index contributed by atoms with van der Waals surface area (Å²) in [6.07, 6.45) is 1.15. The Morgan fingerprint density at radius 1 is 1.47 bits per heavy atom. The standard InChI is InChI=1S/C12H16N2O2S/c1-9-6-12(17-8-9)13-11(16)7-14-4-2-10(15)3-5-14/h6,8H,2-5,7H2,1H3,(H,13,16). The van der Waals surface area contributed by atoms with Gasteiger partial charge in [-0.25, -0.2) is 0 Å². The van der Waals surface area contributed by atoms with Crippen molar-refractivity contribution in [2.24, 2.45) is 0 Å². The number of hydrogen-bond donors (Lipinski definition) is 1. The maximum absolute atomic E-state index is 11.7. The molecule has 2 rings (SSSR count). The Morgan fingerprint density at radius 3 is 2.76 bits per heavy atom. The van der Waals surface area contributed by atoms with E-state index in [-0.39, 0.29) is 5.91 Å². The van der Waals surface area contributed by atoms with Gasteiger partial charge in [-0.05, 0) is 23.9 Å². The first kappa shape index (κ1) is 12.3. The average molecular weight is 252 g/mol. The number of anilines is 1. The molecule has 1 aromatic heterocycles. The Hall–Kier alpha value is -1.20. The molecule has 5 heteroatoms. The summed E-state index contributed by atoms with van der Waals surface area (Å²) in [6, 6.07) is 1.96. The molecule has 4 nitrogen and oxygen atoms in total. The Kier molecular flexibility index (Phi) is 3.91. The highest BCUT2D eigenvalue weighted by atomic mass is 32.1. The molecule has 1 aliphatic heterocycles. The molecule has 0 bridgehead atoms. The molecule has 0 aliphatic carbocycles. The van der Waals surface area contributed by atoms with Gasteiger partial charge in [0, 0.05) is 25.9 Å². The number of amides is 1. The Morgan fingerprint density at radius 2 is 2.18 bits per heavy atom. The second-order valence-corrected chi connectivity index (χ2v) is 5.26. The largest absolute Gasteiger partial charge is 0.317 e. The molecule has 0 atom stereocenters. The van der Waals surface area contributed by atoms with Crippen LogP contribution in [0.3, 0.4) is 0 Å². The van der Waals surface area contributed by atoms with Gasteiger partial charge in [0.2, 0.25) is 5.91 Å². The van der Waals surface area contributed by atoms with Crippen molar-refractivity contribution in [1.29, 1.82) is 0 Å². The van der Waals surface area contributed by atoms with E-state index in [1.807, 2.05) is 23.3 Å².